The lowest BCUT2D eigenvalue weighted by molar-refractivity contribution is 0.0631. The van der Waals surface area contributed by atoms with Crippen molar-refractivity contribution < 1.29 is 34.4 Å². The van der Waals surface area contributed by atoms with Crippen molar-refractivity contribution in [1.82, 2.24) is 0 Å². The third kappa shape index (κ3) is 7.96. The Morgan fingerprint density at radius 2 is 1.21 bits per heavy atom. The van der Waals surface area contributed by atoms with Crippen molar-refractivity contribution >= 4 is 11.9 Å². The van der Waals surface area contributed by atoms with Gasteiger partial charge in [0.1, 0.15) is 0 Å². The van der Waals surface area contributed by atoms with Crippen LogP contribution in [0.1, 0.15) is 46.8 Å². The molecule has 0 radical (unpaired) electrons. The number of carbonyl (C=O) groups is 2. The van der Waals surface area contributed by atoms with E-state index in [1.165, 1.54) is 0 Å². The first-order chi connectivity index (χ1) is 9.02. The van der Waals surface area contributed by atoms with Gasteiger partial charge in [0.2, 0.25) is 11.5 Å². The molecule has 19 heavy (non-hydrogen) atoms. The summed E-state index contributed by atoms with van der Waals surface area (Å²) >= 11 is 0. The molecule has 108 valence electrons. The Morgan fingerprint density at radius 1 is 0.842 bits per heavy atom. The molecule has 1 aromatic rings. The first kappa shape index (κ1) is 17.1. The number of unbranched alkanes of at least 4 members (excludes halogenated alkanes) is 3. The highest BCUT2D eigenvalue weighted by Gasteiger charge is 2.12. The van der Waals surface area contributed by atoms with Gasteiger partial charge in [-0.3, -0.25) is 0 Å². The summed E-state index contributed by atoms with van der Waals surface area (Å²) in [6.45, 7) is 0.566. The lowest BCUT2D eigenvalue weighted by Gasteiger charge is -1.93. The molecule has 0 saturated carbocycles. The molecule has 0 unspecified atom stereocenters. The average molecular weight is 274 g/mol. The minimum absolute atomic E-state index is 0.283. The summed E-state index contributed by atoms with van der Waals surface area (Å²) in [7, 11) is 0. The molecule has 0 spiro atoms. The molecule has 0 saturated heterocycles. The third-order valence-electron chi connectivity index (χ3n) is 2.09. The molecule has 0 fully saturated rings. The maximum atomic E-state index is 10.2. The fourth-order valence-corrected chi connectivity index (χ4v) is 1.14. The molecule has 0 atom stereocenters. The van der Waals surface area contributed by atoms with Crippen LogP contribution in [0, 0.1) is 0 Å². The number of carboxylic acid groups (broad SMARTS) is 2. The van der Waals surface area contributed by atoms with E-state index in [0.717, 1.165) is 37.8 Å². The standard InChI is InChI=1S/C6H4O5.C6H14O2/c7-5(8)3-1-2-4(11-3)6(9)10;7-5-3-1-2-4-6-8/h1-2H,(H,7,8)(H,9,10);7-8H,1-6H2. The van der Waals surface area contributed by atoms with Gasteiger partial charge in [-0.15, -0.1) is 0 Å². The summed E-state index contributed by atoms with van der Waals surface area (Å²) in [6.07, 6.45) is 3.83. The second-order valence-corrected chi connectivity index (χ2v) is 3.64. The third-order valence-corrected chi connectivity index (χ3v) is 2.09. The first-order valence-electron chi connectivity index (χ1n) is 5.81. The highest BCUT2D eigenvalue weighted by molar-refractivity contribution is 5.88. The molecule has 0 aliphatic rings. The molecule has 0 amide bonds. The van der Waals surface area contributed by atoms with Crippen molar-refractivity contribution in [3.63, 3.8) is 0 Å². The van der Waals surface area contributed by atoms with Gasteiger partial charge in [0, 0.05) is 13.2 Å². The predicted octanol–water partition coefficient (Wildman–Crippen LogP) is 1.21. The highest BCUT2D eigenvalue weighted by Crippen LogP contribution is 2.06. The number of aliphatic hydroxyl groups is 2. The number of furan rings is 1. The van der Waals surface area contributed by atoms with E-state index in [9.17, 15) is 9.59 Å². The number of rotatable bonds is 7. The van der Waals surface area contributed by atoms with Crippen LogP contribution in [-0.2, 0) is 0 Å². The zero-order chi connectivity index (χ0) is 14.7. The van der Waals surface area contributed by atoms with Gasteiger partial charge in [0.25, 0.3) is 0 Å². The molecule has 4 N–H and O–H groups in total. The van der Waals surface area contributed by atoms with E-state index in [4.69, 9.17) is 20.4 Å². The largest absolute Gasteiger partial charge is 0.475 e. The van der Waals surface area contributed by atoms with Crippen molar-refractivity contribution in [2.75, 3.05) is 13.2 Å². The van der Waals surface area contributed by atoms with E-state index in [2.05, 4.69) is 4.42 Å². The van der Waals surface area contributed by atoms with Crippen LogP contribution in [-0.4, -0.2) is 45.6 Å². The van der Waals surface area contributed by atoms with Crippen LogP contribution in [0.25, 0.3) is 0 Å². The smallest absolute Gasteiger partial charge is 0.371 e. The number of aromatic carboxylic acids is 2. The monoisotopic (exact) mass is 274 g/mol. The maximum Gasteiger partial charge on any atom is 0.371 e. The van der Waals surface area contributed by atoms with Crippen molar-refractivity contribution in [1.29, 1.82) is 0 Å². The van der Waals surface area contributed by atoms with Gasteiger partial charge in [-0.05, 0) is 25.0 Å². The second kappa shape index (κ2) is 10.1. The molecule has 7 heteroatoms. The van der Waals surface area contributed by atoms with Crippen LogP contribution in [0.5, 0.6) is 0 Å². The summed E-state index contributed by atoms with van der Waals surface area (Å²) in [5.41, 5.74) is 0. The normalized spacial score (nSPS) is 9.58. The molecule has 0 aliphatic heterocycles. The number of hydrogen-bond acceptors (Lipinski definition) is 5. The number of carboxylic acids is 2. The molecule has 1 rings (SSSR count). The van der Waals surface area contributed by atoms with Crippen LogP contribution >= 0.6 is 0 Å². The minimum atomic E-state index is -1.28. The van der Waals surface area contributed by atoms with Gasteiger partial charge in [0.15, 0.2) is 0 Å². The molecule has 0 aliphatic carbocycles. The molecule has 1 aromatic heterocycles. The van der Waals surface area contributed by atoms with E-state index in [-0.39, 0.29) is 24.7 Å². The SMILES string of the molecule is O=C(O)c1ccc(C(=O)O)o1.OCCCCCCO. The minimum Gasteiger partial charge on any atom is -0.475 e. The summed E-state index contributed by atoms with van der Waals surface area (Å²) in [5.74, 6) is -3.31. The lowest BCUT2D eigenvalue weighted by Crippen LogP contribution is -1.94. The topological polar surface area (TPSA) is 128 Å². The Hall–Kier alpha value is -1.86. The molecule has 0 aromatic carbocycles. The van der Waals surface area contributed by atoms with E-state index in [1.807, 2.05) is 0 Å². The molecule has 1 heterocycles. The molecule has 7 nitrogen and oxygen atoms in total. The van der Waals surface area contributed by atoms with Crippen LogP contribution in [0.2, 0.25) is 0 Å². The van der Waals surface area contributed by atoms with Crippen molar-refractivity contribution in [3.05, 3.63) is 23.7 Å². The van der Waals surface area contributed by atoms with Crippen molar-refractivity contribution in [3.8, 4) is 0 Å². The fraction of sp³-hybridized carbons (Fsp3) is 0.500. The van der Waals surface area contributed by atoms with Crippen LogP contribution in [0.4, 0.5) is 0 Å². The van der Waals surface area contributed by atoms with Crippen LogP contribution in [0.15, 0.2) is 16.5 Å². The summed E-state index contributed by atoms with van der Waals surface area (Å²) < 4.78 is 4.41. The van der Waals surface area contributed by atoms with E-state index in [0.29, 0.717) is 0 Å². The van der Waals surface area contributed by atoms with Gasteiger partial charge in [-0.1, -0.05) is 12.8 Å². The van der Waals surface area contributed by atoms with Crippen LogP contribution in [0.3, 0.4) is 0 Å². The van der Waals surface area contributed by atoms with E-state index < -0.39 is 11.9 Å². The Kier molecular flexibility index (Phi) is 9.11. The Labute approximate surface area is 110 Å². The van der Waals surface area contributed by atoms with Gasteiger partial charge in [-0.2, -0.15) is 0 Å². The summed E-state index contributed by atoms with van der Waals surface area (Å²) in [5, 5.41) is 33.2. The van der Waals surface area contributed by atoms with Gasteiger partial charge in [-0.25, -0.2) is 9.59 Å². The van der Waals surface area contributed by atoms with Crippen LogP contribution < -0.4 is 0 Å². The first-order valence-corrected chi connectivity index (χ1v) is 5.81. The number of hydrogen-bond donors (Lipinski definition) is 4. The van der Waals surface area contributed by atoms with Crippen molar-refractivity contribution in [2.24, 2.45) is 0 Å². The molecular weight excluding hydrogens is 256 g/mol. The molecule has 0 bridgehead atoms. The fourth-order valence-electron chi connectivity index (χ4n) is 1.14. The van der Waals surface area contributed by atoms with Gasteiger partial charge in [0.05, 0.1) is 0 Å². The summed E-state index contributed by atoms with van der Waals surface area (Å²) in [4.78, 5) is 20.3. The summed E-state index contributed by atoms with van der Waals surface area (Å²) in [6, 6.07) is 2.18. The zero-order valence-electron chi connectivity index (χ0n) is 10.4. The lowest BCUT2D eigenvalue weighted by atomic mass is 10.2. The zero-order valence-corrected chi connectivity index (χ0v) is 10.4. The Morgan fingerprint density at radius 3 is 1.42 bits per heavy atom. The van der Waals surface area contributed by atoms with Crippen molar-refractivity contribution in [2.45, 2.75) is 25.7 Å². The van der Waals surface area contributed by atoms with Gasteiger partial charge >= 0.3 is 11.9 Å². The Balaban J connectivity index is 0.000000362. The second-order valence-electron chi connectivity index (χ2n) is 3.64. The maximum absolute atomic E-state index is 10.2. The van der Waals surface area contributed by atoms with E-state index in [1.54, 1.807) is 0 Å². The van der Waals surface area contributed by atoms with Gasteiger partial charge < -0.3 is 24.8 Å². The highest BCUT2D eigenvalue weighted by atomic mass is 16.4. The Bertz CT molecular complexity index is 349. The number of aliphatic hydroxyl groups excluding tert-OH is 2. The average Bonchev–Trinajstić information content (AvgIpc) is 2.85. The quantitative estimate of drug-likeness (QED) is 0.550. The predicted molar refractivity (Wildman–Crippen MR) is 65.3 cm³/mol. The van der Waals surface area contributed by atoms with E-state index >= 15 is 0 Å². The molecular formula is C12H18O7.